The zero-order valence-corrected chi connectivity index (χ0v) is 30.9. The van der Waals surface area contributed by atoms with Crippen LogP contribution in [0.5, 0.6) is 0 Å². The van der Waals surface area contributed by atoms with Crippen molar-refractivity contribution in [2.75, 3.05) is 32.1 Å². The maximum atomic E-state index is 13.9. The largest absolute Gasteiger partial charge is 0.465 e. The molecule has 6 rings (SSSR count). The summed E-state index contributed by atoms with van der Waals surface area (Å²) in [7, 11) is 1.35. The molecule has 14 heteroatoms. The number of aryl methyl sites for hydroxylation is 3. The number of nitrogens with two attached hydrogens (primary N) is 1. The number of piperidine rings is 1. The van der Waals surface area contributed by atoms with Crippen LogP contribution < -0.4 is 11.1 Å². The van der Waals surface area contributed by atoms with Crippen molar-refractivity contribution in [2.45, 2.75) is 58.9 Å². The van der Waals surface area contributed by atoms with E-state index in [9.17, 15) is 14.4 Å². The summed E-state index contributed by atoms with van der Waals surface area (Å²) in [5.41, 5.74) is 11.4. The molecule has 1 atom stereocenters. The first-order chi connectivity index (χ1) is 23.6. The van der Waals surface area contributed by atoms with Crippen molar-refractivity contribution in [3.8, 4) is 5.00 Å². The van der Waals surface area contributed by atoms with Crippen LogP contribution in [0.4, 0.5) is 5.69 Å². The van der Waals surface area contributed by atoms with Crippen molar-refractivity contribution in [3.63, 3.8) is 0 Å². The van der Waals surface area contributed by atoms with Crippen LogP contribution in [0.15, 0.2) is 47.5 Å². The van der Waals surface area contributed by atoms with Crippen molar-refractivity contribution >= 4 is 64.5 Å². The number of nitrogens with zero attached hydrogens (tertiary/aromatic N) is 5. The number of benzene rings is 2. The quantitative estimate of drug-likeness (QED) is 0.196. The standard InChI is InChI=1S/C36H40ClN7O4S.ClH/c1-20-21(2)49-35-31(20)32(23-7-9-26(37)10-8-23)40-29(33-42-41-22(3)44(33)35)19-30(45)43-16-13-24(14-17-43)34(46)39-27-11-12-28(36(47)48-4)25(18-27)6-5-15-38;/h7-12,18,24,29H,5-6,13-17,19,38H2,1-4H3,(H,39,46);1H/t29-;/m0./s1. The van der Waals surface area contributed by atoms with Gasteiger partial charge in [-0.05, 0) is 94.5 Å². The van der Waals surface area contributed by atoms with E-state index in [4.69, 9.17) is 27.1 Å². The molecular weight excluding hydrogens is 697 g/mol. The fraction of sp³-hybridized carbons (Fsp3) is 0.389. The molecule has 0 aliphatic carbocycles. The molecular formula is C36H41Cl2N7O4S. The number of ether oxygens (including phenoxy) is 1. The first-order valence-electron chi connectivity index (χ1n) is 16.5. The number of carbonyl (C=O) groups is 3. The topological polar surface area (TPSA) is 145 Å². The molecule has 2 aliphatic heterocycles. The van der Waals surface area contributed by atoms with Gasteiger partial charge in [0, 0.05) is 45.7 Å². The summed E-state index contributed by atoms with van der Waals surface area (Å²) in [6, 6.07) is 12.3. The number of likely N-dealkylation sites (tertiary alicyclic amines) is 1. The lowest BCUT2D eigenvalue weighted by molar-refractivity contribution is -0.134. The summed E-state index contributed by atoms with van der Waals surface area (Å²) in [6.45, 7) is 7.51. The van der Waals surface area contributed by atoms with Crippen molar-refractivity contribution in [1.29, 1.82) is 0 Å². The van der Waals surface area contributed by atoms with Crippen LogP contribution in [0.25, 0.3) is 5.00 Å². The number of thiophene rings is 1. The minimum absolute atomic E-state index is 0. The average molecular weight is 739 g/mol. The molecule has 0 bridgehead atoms. The van der Waals surface area contributed by atoms with Crippen LogP contribution in [0.1, 0.15) is 80.9 Å². The fourth-order valence-electron chi connectivity index (χ4n) is 6.54. The third-order valence-electron chi connectivity index (χ3n) is 9.37. The molecule has 0 unspecified atom stereocenters. The Labute approximate surface area is 306 Å². The molecule has 2 aromatic heterocycles. The number of esters is 1. The first-order valence-corrected chi connectivity index (χ1v) is 17.6. The van der Waals surface area contributed by atoms with E-state index in [1.54, 1.807) is 23.5 Å². The summed E-state index contributed by atoms with van der Waals surface area (Å²) in [5, 5.41) is 13.6. The van der Waals surface area contributed by atoms with Crippen molar-refractivity contribution in [3.05, 3.63) is 91.8 Å². The molecule has 4 heterocycles. The Morgan fingerprint density at radius 1 is 1.06 bits per heavy atom. The minimum Gasteiger partial charge on any atom is -0.465 e. The number of hydrogen-bond donors (Lipinski definition) is 2. The number of aliphatic imine (C=N–C) groups is 1. The third-order valence-corrected chi connectivity index (χ3v) is 10.8. The van der Waals surface area contributed by atoms with Crippen molar-refractivity contribution < 1.29 is 19.1 Å². The molecule has 1 saturated heterocycles. The van der Waals surface area contributed by atoms with E-state index < -0.39 is 12.0 Å². The molecule has 0 saturated carbocycles. The zero-order chi connectivity index (χ0) is 34.8. The van der Waals surface area contributed by atoms with E-state index >= 15 is 0 Å². The number of nitrogens with one attached hydrogen (secondary N) is 1. The minimum atomic E-state index is -0.555. The average Bonchev–Trinajstić information content (AvgIpc) is 3.58. The van der Waals surface area contributed by atoms with E-state index in [0.717, 1.165) is 38.8 Å². The van der Waals surface area contributed by atoms with Gasteiger partial charge in [0.05, 0.1) is 24.8 Å². The van der Waals surface area contributed by atoms with Crippen molar-refractivity contribution in [2.24, 2.45) is 16.6 Å². The Hall–Kier alpha value is -4.10. The van der Waals surface area contributed by atoms with Gasteiger partial charge in [-0.25, -0.2) is 4.79 Å². The Morgan fingerprint density at radius 3 is 2.46 bits per heavy atom. The number of aromatic nitrogens is 3. The highest BCUT2D eigenvalue weighted by atomic mass is 35.5. The Bertz CT molecular complexity index is 1930. The number of halogens is 2. The molecule has 264 valence electrons. The normalized spacial score (nSPS) is 15.7. The van der Waals surface area contributed by atoms with Gasteiger partial charge in [0.15, 0.2) is 5.82 Å². The molecule has 2 aliphatic rings. The summed E-state index contributed by atoms with van der Waals surface area (Å²) in [4.78, 5) is 47.6. The Kier molecular flexibility index (Phi) is 11.8. The van der Waals surface area contributed by atoms with Gasteiger partial charge in [0.2, 0.25) is 11.8 Å². The summed E-state index contributed by atoms with van der Waals surface area (Å²) >= 11 is 7.91. The van der Waals surface area contributed by atoms with Crippen LogP contribution in [0, 0.1) is 26.7 Å². The highest BCUT2D eigenvalue weighted by Crippen LogP contribution is 2.40. The second-order valence-corrected chi connectivity index (χ2v) is 14.1. The monoisotopic (exact) mass is 737 g/mol. The lowest BCUT2D eigenvalue weighted by Crippen LogP contribution is -2.41. The van der Waals surface area contributed by atoms with Crippen LogP contribution in [-0.4, -0.2) is 69.9 Å². The van der Waals surface area contributed by atoms with Gasteiger partial charge in [-0.2, -0.15) is 0 Å². The van der Waals surface area contributed by atoms with Crippen LogP contribution in [-0.2, 0) is 20.7 Å². The van der Waals surface area contributed by atoms with Crippen LogP contribution in [0.3, 0.4) is 0 Å². The maximum Gasteiger partial charge on any atom is 0.338 e. The number of carbonyl (C=O) groups excluding carboxylic acids is 3. The molecule has 0 radical (unpaired) electrons. The summed E-state index contributed by atoms with van der Waals surface area (Å²) < 4.78 is 6.96. The predicted octanol–water partition coefficient (Wildman–Crippen LogP) is 6.17. The lowest BCUT2D eigenvalue weighted by Gasteiger charge is -2.32. The SMILES string of the molecule is COC(=O)c1ccc(NC(=O)C2CCN(C(=O)C[C@@H]3N=C(c4ccc(Cl)cc4)c4c(sc(C)c4C)-n4c(C)nnc43)CC2)cc1CCCN.Cl. The van der Waals surface area contributed by atoms with E-state index in [1.165, 1.54) is 12.0 Å². The smallest absolute Gasteiger partial charge is 0.338 e. The number of hydrogen-bond acceptors (Lipinski definition) is 9. The number of anilines is 1. The number of fused-ring (bicyclic) bond motifs is 3. The molecule has 1 fully saturated rings. The number of rotatable bonds is 9. The van der Waals surface area contributed by atoms with Gasteiger partial charge in [-0.15, -0.1) is 33.9 Å². The van der Waals surface area contributed by atoms with E-state index in [1.807, 2.05) is 46.7 Å². The second kappa shape index (κ2) is 15.8. The van der Waals surface area contributed by atoms with E-state index in [2.05, 4.69) is 29.4 Å². The fourth-order valence-corrected chi connectivity index (χ4v) is 7.88. The highest BCUT2D eigenvalue weighted by Gasteiger charge is 2.34. The highest BCUT2D eigenvalue weighted by molar-refractivity contribution is 7.15. The molecule has 0 spiro atoms. The van der Waals surface area contributed by atoms with Gasteiger partial charge >= 0.3 is 5.97 Å². The van der Waals surface area contributed by atoms with E-state index in [0.29, 0.717) is 67.4 Å². The van der Waals surface area contributed by atoms with Crippen LogP contribution >= 0.6 is 35.3 Å². The second-order valence-electron chi connectivity index (χ2n) is 12.5. The molecule has 50 heavy (non-hydrogen) atoms. The number of methoxy groups -OCH3 is 1. The molecule has 3 N–H and O–H groups in total. The van der Waals surface area contributed by atoms with Gasteiger partial charge in [0.25, 0.3) is 0 Å². The van der Waals surface area contributed by atoms with E-state index in [-0.39, 0.29) is 36.6 Å². The van der Waals surface area contributed by atoms with Gasteiger partial charge in [-0.3, -0.25) is 19.1 Å². The van der Waals surface area contributed by atoms with Gasteiger partial charge in [0.1, 0.15) is 16.9 Å². The van der Waals surface area contributed by atoms with Gasteiger partial charge in [-0.1, -0.05) is 23.7 Å². The zero-order valence-electron chi connectivity index (χ0n) is 28.5. The molecule has 2 aromatic carbocycles. The lowest BCUT2D eigenvalue weighted by atomic mass is 9.95. The summed E-state index contributed by atoms with van der Waals surface area (Å²) in [6.07, 6.45) is 2.49. The predicted molar refractivity (Wildman–Crippen MR) is 198 cm³/mol. The summed E-state index contributed by atoms with van der Waals surface area (Å²) in [5.74, 6) is 0.545. The maximum absolute atomic E-state index is 13.9. The molecule has 2 amide bonds. The number of amides is 2. The molecule has 11 nitrogen and oxygen atoms in total. The van der Waals surface area contributed by atoms with Crippen LogP contribution in [0.2, 0.25) is 5.02 Å². The first kappa shape index (κ1) is 37.2. The van der Waals surface area contributed by atoms with Crippen molar-refractivity contribution in [1.82, 2.24) is 19.7 Å². The third kappa shape index (κ3) is 7.48. The Balaban J connectivity index is 0.00000486. The Morgan fingerprint density at radius 2 is 1.78 bits per heavy atom. The molecule has 4 aromatic rings. The van der Waals surface area contributed by atoms with Gasteiger partial charge < -0.3 is 20.7 Å².